The van der Waals surface area contributed by atoms with Crippen LogP contribution < -0.4 is 0 Å². The summed E-state index contributed by atoms with van der Waals surface area (Å²) in [7, 11) is 0. The van der Waals surface area contributed by atoms with Crippen molar-refractivity contribution in [2.45, 2.75) is 46.5 Å². The van der Waals surface area contributed by atoms with Crippen LogP contribution in [0, 0.1) is 20.8 Å². The number of aryl methyl sites for hydroxylation is 2. The van der Waals surface area contributed by atoms with E-state index in [1.165, 1.54) is 0 Å². The molecular weight excluding hydrogens is 336 g/mol. The fraction of sp³-hybridized carbons (Fsp3) is 0.556. The second kappa shape index (κ2) is 7.31. The lowest BCUT2D eigenvalue weighted by Crippen LogP contribution is -2.39. The van der Waals surface area contributed by atoms with E-state index in [0.29, 0.717) is 53.9 Å². The van der Waals surface area contributed by atoms with E-state index in [-0.39, 0.29) is 11.8 Å². The molecule has 2 aromatic heterocycles. The standard InChI is InChI=1S/C18H24N4O4/c1-5-25-18(24)14-10(2)15(19-11(14)3)17(23)22-8-6-7-13(9-22)16-20-12(4)21-26-16/h13,19H,5-9H2,1-4H3/t13-/m0/s1. The number of ether oxygens (including phenoxy) is 1. The maximum Gasteiger partial charge on any atom is 0.340 e. The van der Waals surface area contributed by atoms with E-state index >= 15 is 0 Å². The number of rotatable bonds is 4. The molecule has 0 radical (unpaired) electrons. The Kier molecular flexibility index (Phi) is 5.11. The van der Waals surface area contributed by atoms with Crippen molar-refractivity contribution in [1.82, 2.24) is 20.0 Å². The molecule has 0 spiro atoms. The first kappa shape index (κ1) is 18.2. The molecule has 1 amide bonds. The van der Waals surface area contributed by atoms with Crippen LogP contribution in [-0.2, 0) is 4.74 Å². The van der Waals surface area contributed by atoms with Crippen molar-refractivity contribution < 1.29 is 18.8 Å². The molecule has 1 aliphatic heterocycles. The quantitative estimate of drug-likeness (QED) is 0.841. The van der Waals surface area contributed by atoms with E-state index in [4.69, 9.17) is 9.26 Å². The molecule has 0 aromatic carbocycles. The summed E-state index contributed by atoms with van der Waals surface area (Å²) >= 11 is 0. The predicted molar refractivity (Wildman–Crippen MR) is 93.1 cm³/mol. The van der Waals surface area contributed by atoms with Gasteiger partial charge in [0.2, 0.25) is 5.89 Å². The summed E-state index contributed by atoms with van der Waals surface area (Å²) in [4.78, 5) is 34.3. The molecule has 26 heavy (non-hydrogen) atoms. The Morgan fingerprint density at radius 2 is 2.12 bits per heavy atom. The van der Waals surface area contributed by atoms with Gasteiger partial charge in [-0.15, -0.1) is 0 Å². The molecule has 1 saturated heterocycles. The summed E-state index contributed by atoms with van der Waals surface area (Å²) < 4.78 is 10.4. The first-order valence-electron chi connectivity index (χ1n) is 8.88. The van der Waals surface area contributed by atoms with E-state index < -0.39 is 5.97 Å². The van der Waals surface area contributed by atoms with Gasteiger partial charge in [-0.05, 0) is 46.1 Å². The minimum absolute atomic E-state index is 0.0368. The Hall–Kier alpha value is -2.64. The molecule has 3 heterocycles. The van der Waals surface area contributed by atoms with Crippen LogP contribution in [0.5, 0.6) is 0 Å². The minimum Gasteiger partial charge on any atom is -0.462 e. The normalized spacial score (nSPS) is 17.4. The third-order valence-electron chi connectivity index (χ3n) is 4.73. The van der Waals surface area contributed by atoms with E-state index in [0.717, 1.165) is 12.8 Å². The third-order valence-corrected chi connectivity index (χ3v) is 4.73. The van der Waals surface area contributed by atoms with Gasteiger partial charge in [-0.25, -0.2) is 4.79 Å². The first-order chi connectivity index (χ1) is 12.4. The zero-order valence-corrected chi connectivity index (χ0v) is 15.6. The van der Waals surface area contributed by atoms with Gasteiger partial charge in [-0.2, -0.15) is 4.98 Å². The number of hydrogen-bond donors (Lipinski definition) is 1. The summed E-state index contributed by atoms with van der Waals surface area (Å²) in [6, 6.07) is 0. The molecule has 8 nitrogen and oxygen atoms in total. The number of hydrogen-bond acceptors (Lipinski definition) is 6. The van der Waals surface area contributed by atoms with Crippen molar-refractivity contribution in [3.63, 3.8) is 0 Å². The fourth-order valence-electron chi connectivity index (χ4n) is 3.47. The van der Waals surface area contributed by atoms with E-state index in [1.54, 1.807) is 32.6 Å². The maximum atomic E-state index is 13.0. The fourth-order valence-corrected chi connectivity index (χ4v) is 3.47. The van der Waals surface area contributed by atoms with E-state index in [2.05, 4.69) is 15.1 Å². The van der Waals surface area contributed by atoms with Gasteiger partial charge in [0.25, 0.3) is 5.91 Å². The lowest BCUT2D eigenvalue weighted by atomic mass is 9.97. The number of H-pyrrole nitrogens is 1. The van der Waals surface area contributed by atoms with Gasteiger partial charge >= 0.3 is 5.97 Å². The number of amides is 1. The van der Waals surface area contributed by atoms with Gasteiger partial charge in [0.05, 0.1) is 18.1 Å². The summed E-state index contributed by atoms with van der Waals surface area (Å²) in [6.45, 7) is 8.56. The Morgan fingerprint density at radius 3 is 2.77 bits per heavy atom. The second-order valence-electron chi connectivity index (χ2n) is 6.62. The van der Waals surface area contributed by atoms with Gasteiger partial charge in [-0.3, -0.25) is 4.79 Å². The molecule has 0 aliphatic carbocycles. The highest BCUT2D eigenvalue weighted by Gasteiger charge is 2.31. The molecule has 1 fully saturated rings. The summed E-state index contributed by atoms with van der Waals surface area (Å²) in [5.74, 6) is 0.678. The number of nitrogens with one attached hydrogen (secondary N) is 1. The number of aromatic nitrogens is 3. The molecular formula is C18H24N4O4. The van der Waals surface area contributed by atoms with Crippen LogP contribution in [0.4, 0.5) is 0 Å². The van der Waals surface area contributed by atoms with Crippen LogP contribution in [0.2, 0.25) is 0 Å². The Labute approximate surface area is 151 Å². The molecule has 2 aromatic rings. The van der Waals surface area contributed by atoms with Crippen molar-refractivity contribution >= 4 is 11.9 Å². The number of likely N-dealkylation sites (tertiary alicyclic amines) is 1. The SMILES string of the molecule is CCOC(=O)c1c(C)[nH]c(C(=O)N2CCC[C@H](c3nc(C)no3)C2)c1C. The largest absolute Gasteiger partial charge is 0.462 e. The molecule has 140 valence electrons. The number of carbonyl (C=O) groups is 2. The van der Waals surface area contributed by atoms with Crippen molar-refractivity contribution in [2.75, 3.05) is 19.7 Å². The van der Waals surface area contributed by atoms with Gasteiger partial charge < -0.3 is 19.1 Å². The van der Waals surface area contributed by atoms with Gasteiger partial charge in [-0.1, -0.05) is 5.16 Å². The summed E-state index contributed by atoms with van der Waals surface area (Å²) in [5, 5.41) is 3.84. The lowest BCUT2D eigenvalue weighted by Gasteiger charge is -2.31. The van der Waals surface area contributed by atoms with Crippen LogP contribution in [0.25, 0.3) is 0 Å². The zero-order chi connectivity index (χ0) is 18.8. The second-order valence-corrected chi connectivity index (χ2v) is 6.62. The summed E-state index contributed by atoms with van der Waals surface area (Å²) in [5.41, 5.74) is 2.15. The average Bonchev–Trinajstić information content (AvgIpc) is 3.18. The monoisotopic (exact) mass is 360 g/mol. The third kappa shape index (κ3) is 3.36. The predicted octanol–water partition coefficient (Wildman–Crippen LogP) is 2.52. The van der Waals surface area contributed by atoms with Crippen LogP contribution in [-0.4, -0.2) is 51.6 Å². The van der Waals surface area contributed by atoms with Gasteiger partial charge in [0.15, 0.2) is 5.82 Å². The van der Waals surface area contributed by atoms with Crippen LogP contribution in [0.3, 0.4) is 0 Å². The van der Waals surface area contributed by atoms with E-state index in [9.17, 15) is 9.59 Å². The van der Waals surface area contributed by atoms with Crippen molar-refractivity contribution in [3.05, 3.63) is 34.2 Å². The van der Waals surface area contributed by atoms with Crippen LogP contribution in [0.1, 0.15) is 69.5 Å². The molecule has 1 atom stereocenters. The number of aromatic amines is 1. The number of esters is 1. The molecule has 8 heteroatoms. The number of nitrogens with zero attached hydrogens (tertiary/aromatic N) is 3. The highest BCUT2D eigenvalue weighted by atomic mass is 16.5. The molecule has 0 bridgehead atoms. The first-order valence-corrected chi connectivity index (χ1v) is 8.88. The Morgan fingerprint density at radius 1 is 1.35 bits per heavy atom. The zero-order valence-electron chi connectivity index (χ0n) is 15.6. The molecule has 0 saturated carbocycles. The smallest absolute Gasteiger partial charge is 0.340 e. The average molecular weight is 360 g/mol. The molecule has 3 rings (SSSR count). The van der Waals surface area contributed by atoms with Crippen molar-refractivity contribution in [2.24, 2.45) is 0 Å². The number of carbonyl (C=O) groups excluding carboxylic acids is 2. The van der Waals surface area contributed by atoms with Crippen molar-refractivity contribution in [1.29, 1.82) is 0 Å². The molecule has 1 aliphatic rings. The van der Waals surface area contributed by atoms with Crippen molar-refractivity contribution in [3.8, 4) is 0 Å². The highest BCUT2D eigenvalue weighted by Crippen LogP contribution is 2.28. The maximum absolute atomic E-state index is 13.0. The topological polar surface area (TPSA) is 101 Å². The highest BCUT2D eigenvalue weighted by molar-refractivity contribution is 6.00. The van der Waals surface area contributed by atoms with Crippen LogP contribution >= 0.6 is 0 Å². The van der Waals surface area contributed by atoms with Gasteiger partial charge in [0, 0.05) is 18.8 Å². The van der Waals surface area contributed by atoms with Crippen LogP contribution in [0.15, 0.2) is 4.52 Å². The lowest BCUT2D eigenvalue weighted by molar-refractivity contribution is 0.0525. The minimum atomic E-state index is -0.407. The number of piperidine rings is 1. The van der Waals surface area contributed by atoms with Gasteiger partial charge in [0.1, 0.15) is 5.69 Å². The molecule has 0 unspecified atom stereocenters. The Balaban J connectivity index is 1.80. The summed E-state index contributed by atoms with van der Waals surface area (Å²) in [6.07, 6.45) is 1.77. The van der Waals surface area contributed by atoms with E-state index in [1.807, 2.05) is 0 Å². The molecule has 1 N–H and O–H groups in total. The Bertz CT molecular complexity index is 823.